The standard InChI is InChI=1S/C20H24BrN5O.C19H22BrN5O2/c1-4-14(3)26-18-17(22-19(26)21)16(15-7-5-6-13(2)12-15)23-20(24-18)25-8-10-27-11-9-25;1-3-12(2)25-17-16(21-18(25)20)15(13-5-4-6-14(26)11-13)22-19(23-17)24-7-9-27-10-8-24/h5-7,12,14H,4,8-11H2,1-3H3;4-6,11-12,26H,3,7-10H2,1-2H3. The van der Waals surface area contributed by atoms with Crippen LogP contribution in [0.2, 0.25) is 0 Å². The lowest BCUT2D eigenvalue weighted by atomic mass is 10.1. The molecule has 0 spiro atoms. The van der Waals surface area contributed by atoms with Crippen molar-refractivity contribution >= 4 is 66.1 Å². The summed E-state index contributed by atoms with van der Waals surface area (Å²) in [7, 11) is 0. The molecule has 6 heterocycles. The Bertz CT molecular complexity index is 2090. The van der Waals surface area contributed by atoms with Gasteiger partial charge in [-0.15, -0.1) is 0 Å². The van der Waals surface area contributed by atoms with Gasteiger partial charge in [-0.1, -0.05) is 49.7 Å². The van der Waals surface area contributed by atoms with E-state index in [0.717, 1.165) is 99.3 Å². The second-order valence-corrected chi connectivity index (χ2v) is 15.1. The van der Waals surface area contributed by atoms with Gasteiger partial charge in [-0.3, -0.25) is 0 Å². The summed E-state index contributed by atoms with van der Waals surface area (Å²) in [5.41, 5.74) is 7.93. The molecule has 1 N–H and O–H groups in total. The fourth-order valence-corrected chi connectivity index (χ4v) is 8.07. The first-order valence-electron chi connectivity index (χ1n) is 18.6. The zero-order valence-electron chi connectivity index (χ0n) is 31.3. The number of rotatable bonds is 8. The van der Waals surface area contributed by atoms with Crippen LogP contribution in [0.5, 0.6) is 5.75 Å². The van der Waals surface area contributed by atoms with Gasteiger partial charge in [0, 0.05) is 49.4 Å². The molecule has 0 amide bonds. The molecule has 54 heavy (non-hydrogen) atoms. The highest BCUT2D eigenvalue weighted by Crippen LogP contribution is 2.35. The number of aromatic nitrogens is 8. The summed E-state index contributed by atoms with van der Waals surface area (Å²) in [6, 6.07) is 16.0. The minimum absolute atomic E-state index is 0.201. The summed E-state index contributed by atoms with van der Waals surface area (Å²) in [5, 5.41) is 9.95. The minimum Gasteiger partial charge on any atom is -0.508 e. The van der Waals surface area contributed by atoms with E-state index in [-0.39, 0.29) is 11.8 Å². The van der Waals surface area contributed by atoms with Crippen molar-refractivity contribution in [3.63, 3.8) is 0 Å². The average molecular weight is 863 g/mol. The second-order valence-electron chi connectivity index (χ2n) is 13.7. The van der Waals surface area contributed by atoms with E-state index in [0.29, 0.717) is 38.4 Å². The van der Waals surface area contributed by atoms with Crippen LogP contribution in [0.3, 0.4) is 0 Å². The molecule has 0 radical (unpaired) electrons. The minimum atomic E-state index is 0.201. The summed E-state index contributed by atoms with van der Waals surface area (Å²) in [6.45, 7) is 16.6. The van der Waals surface area contributed by atoms with Gasteiger partial charge in [0.15, 0.2) is 20.8 Å². The number of phenolic OH excluding ortho intramolecular Hbond substituents is 1. The number of imidazole rings is 2. The van der Waals surface area contributed by atoms with Crippen molar-refractivity contribution in [3.8, 4) is 28.3 Å². The van der Waals surface area contributed by atoms with Crippen molar-refractivity contribution in [1.82, 2.24) is 39.0 Å². The summed E-state index contributed by atoms with van der Waals surface area (Å²) >= 11 is 7.24. The van der Waals surface area contributed by atoms with Crippen LogP contribution in [0.15, 0.2) is 58.0 Å². The Morgan fingerprint density at radius 3 is 1.52 bits per heavy atom. The lowest BCUT2D eigenvalue weighted by molar-refractivity contribution is 0.122. The van der Waals surface area contributed by atoms with Gasteiger partial charge < -0.3 is 33.5 Å². The quantitative estimate of drug-likeness (QED) is 0.149. The van der Waals surface area contributed by atoms with Gasteiger partial charge in [-0.05, 0) is 83.7 Å². The van der Waals surface area contributed by atoms with Crippen molar-refractivity contribution in [2.75, 3.05) is 62.4 Å². The smallest absolute Gasteiger partial charge is 0.228 e. The Balaban J connectivity index is 0.000000167. The fourth-order valence-electron chi connectivity index (χ4n) is 6.68. The first-order chi connectivity index (χ1) is 26.2. The molecule has 0 aliphatic carbocycles. The third kappa shape index (κ3) is 7.81. The van der Waals surface area contributed by atoms with Crippen molar-refractivity contribution in [1.29, 1.82) is 0 Å². The molecule has 2 saturated heterocycles. The molecule has 13 nitrogen and oxygen atoms in total. The number of halogens is 2. The Morgan fingerprint density at radius 2 is 1.09 bits per heavy atom. The number of morpholine rings is 2. The van der Waals surface area contributed by atoms with Crippen molar-refractivity contribution in [2.24, 2.45) is 0 Å². The van der Waals surface area contributed by atoms with Gasteiger partial charge in [-0.2, -0.15) is 9.97 Å². The first-order valence-corrected chi connectivity index (χ1v) is 20.2. The molecule has 2 aliphatic rings. The van der Waals surface area contributed by atoms with Crippen LogP contribution in [0, 0.1) is 6.92 Å². The van der Waals surface area contributed by atoms with Crippen LogP contribution in [0.25, 0.3) is 44.8 Å². The zero-order chi connectivity index (χ0) is 37.9. The summed E-state index contributed by atoms with van der Waals surface area (Å²) in [5.74, 6) is 1.62. The largest absolute Gasteiger partial charge is 0.508 e. The lowest BCUT2D eigenvalue weighted by Crippen LogP contribution is -2.37. The average Bonchev–Trinajstić information content (AvgIpc) is 3.72. The van der Waals surface area contributed by atoms with Crippen molar-refractivity contribution in [3.05, 3.63) is 63.6 Å². The number of benzene rings is 2. The highest BCUT2D eigenvalue weighted by atomic mass is 79.9. The third-order valence-electron chi connectivity index (χ3n) is 10.0. The number of ether oxygens (including phenoxy) is 2. The number of anilines is 2. The van der Waals surface area contributed by atoms with E-state index >= 15 is 0 Å². The van der Waals surface area contributed by atoms with Crippen LogP contribution in [-0.2, 0) is 9.47 Å². The van der Waals surface area contributed by atoms with E-state index < -0.39 is 0 Å². The molecule has 0 saturated carbocycles. The molecular formula is C39H46Br2N10O3. The summed E-state index contributed by atoms with van der Waals surface area (Å²) < 4.78 is 16.8. The van der Waals surface area contributed by atoms with Gasteiger partial charge in [-0.25, -0.2) is 19.9 Å². The highest BCUT2D eigenvalue weighted by molar-refractivity contribution is 9.10. The zero-order valence-corrected chi connectivity index (χ0v) is 34.5. The molecule has 8 rings (SSSR count). The van der Waals surface area contributed by atoms with Gasteiger partial charge in [0.2, 0.25) is 11.9 Å². The predicted molar refractivity (Wildman–Crippen MR) is 219 cm³/mol. The van der Waals surface area contributed by atoms with Crippen LogP contribution < -0.4 is 9.80 Å². The molecule has 2 unspecified atom stereocenters. The monoisotopic (exact) mass is 860 g/mol. The number of aryl methyl sites for hydroxylation is 1. The van der Waals surface area contributed by atoms with E-state index in [1.165, 1.54) is 5.56 Å². The first kappa shape index (κ1) is 38.1. The molecule has 2 aliphatic heterocycles. The van der Waals surface area contributed by atoms with E-state index in [4.69, 9.17) is 39.4 Å². The van der Waals surface area contributed by atoms with Gasteiger partial charge in [0.1, 0.15) is 28.2 Å². The molecule has 6 aromatic rings. The van der Waals surface area contributed by atoms with Crippen LogP contribution in [0.1, 0.15) is 58.2 Å². The van der Waals surface area contributed by atoms with E-state index in [1.807, 2.05) is 12.1 Å². The fraction of sp³-hybridized carbons (Fsp3) is 0.436. The Morgan fingerprint density at radius 1 is 0.648 bits per heavy atom. The molecular weight excluding hydrogens is 816 g/mol. The van der Waals surface area contributed by atoms with Gasteiger partial charge in [0.25, 0.3) is 0 Å². The maximum atomic E-state index is 9.95. The maximum absolute atomic E-state index is 9.95. The number of hydrogen-bond donors (Lipinski definition) is 1. The summed E-state index contributed by atoms with van der Waals surface area (Å²) in [4.78, 5) is 33.4. The number of phenols is 1. The Labute approximate surface area is 332 Å². The van der Waals surface area contributed by atoms with Crippen LogP contribution in [0.4, 0.5) is 11.9 Å². The molecule has 2 aromatic carbocycles. The molecule has 0 bridgehead atoms. The van der Waals surface area contributed by atoms with Crippen molar-refractivity contribution < 1.29 is 14.6 Å². The van der Waals surface area contributed by atoms with Crippen LogP contribution in [-0.4, -0.2) is 96.8 Å². The van der Waals surface area contributed by atoms with Crippen LogP contribution >= 0.6 is 31.9 Å². The molecule has 2 atom stereocenters. The number of aromatic hydroxyl groups is 1. The van der Waals surface area contributed by atoms with Gasteiger partial charge >= 0.3 is 0 Å². The molecule has 284 valence electrons. The van der Waals surface area contributed by atoms with Crippen molar-refractivity contribution in [2.45, 2.75) is 59.5 Å². The maximum Gasteiger partial charge on any atom is 0.228 e. The SMILES string of the molecule is CCC(C)n1c(Br)nc2c(-c3cccc(C)c3)nc(N3CCOCC3)nc21.CCC(C)n1c(Br)nc2c(-c3cccc(O)c3)nc(N3CCOCC3)nc21. The van der Waals surface area contributed by atoms with E-state index in [1.54, 1.807) is 12.1 Å². The topological polar surface area (TPSA) is 132 Å². The Hall–Kier alpha value is -4.18. The van der Waals surface area contributed by atoms with Gasteiger partial charge in [0.05, 0.1) is 26.4 Å². The number of nitrogens with zero attached hydrogens (tertiary/aromatic N) is 10. The Kier molecular flexibility index (Phi) is 11.8. The normalized spacial score (nSPS) is 16.1. The molecule has 4 aromatic heterocycles. The third-order valence-corrected chi connectivity index (χ3v) is 11.2. The second kappa shape index (κ2) is 16.7. The number of hydrogen-bond acceptors (Lipinski definition) is 11. The lowest BCUT2D eigenvalue weighted by Gasteiger charge is -2.27. The van der Waals surface area contributed by atoms with E-state index in [2.05, 4.69) is 110 Å². The molecule has 2 fully saturated rings. The highest BCUT2D eigenvalue weighted by Gasteiger charge is 2.25. The van der Waals surface area contributed by atoms with E-state index in [9.17, 15) is 5.11 Å². The number of fused-ring (bicyclic) bond motifs is 2. The summed E-state index contributed by atoms with van der Waals surface area (Å²) in [6.07, 6.45) is 1.96. The molecule has 15 heteroatoms. The predicted octanol–water partition coefficient (Wildman–Crippen LogP) is 8.14.